The first-order valence-electron chi connectivity index (χ1n) is 8.19. The number of nitrogens with zero attached hydrogens (tertiary/aromatic N) is 2. The number of benzene rings is 2. The van der Waals surface area contributed by atoms with Crippen molar-refractivity contribution < 1.29 is 19.9 Å². The molecule has 1 heterocycles. The average molecular weight is 367 g/mol. The van der Waals surface area contributed by atoms with Crippen molar-refractivity contribution in [2.45, 2.75) is 12.1 Å². The molecule has 2 atom stereocenters. The maximum atomic E-state index is 12.5. The highest BCUT2D eigenvalue weighted by Crippen LogP contribution is 2.21. The summed E-state index contributed by atoms with van der Waals surface area (Å²) in [4.78, 5) is 26.9. The SMILES string of the molecule is O=C(NC(CO)C(O)c1ccc([N+](=O)[O-])cc1)c1ccc2ccccc2n1. The Kier molecular flexibility index (Phi) is 5.39. The van der Waals surface area contributed by atoms with Crippen molar-refractivity contribution in [1.82, 2.24) is 10.3 Å². The van der Waals surface area contributed by atoms with E-state index in [1.54, 1.807) is 18.2 Å². The van der Waals surface area contributed by atoms with Crippen molar-refractivity contribution >= 4 is 22.5 Å². The molecule has 3 aromatic rings. The number of nitrogens with one attached hydrogen (secondary N) is 1. The highest BCUT2D eigenvalue weighted by atomic mass is 16.6. The Bertz CT molecular complexity index is 975. The lowest BCUT2D eigenvalue weighted by Gasteiger charge is -2.22. The minimum absolute atomic E-state index is 0.115. The normalized spacial score (nSPS) is 13.1. The Morgan fingerprint density at radius 1 is 1.11 bits per heavy atom. The minimum Gasteiger partial charge on any atom is -0.394 e. The van der Waals surface area contributed by atoms with Crippen LogP contribution in [-0.4, -0.2) is 38.7 Å². The summed E-state index contributed by atoms with van der Waals surface area (Å²) < 4.78 is 0. The fourth-order valence-corrected chi connectivity index (χ4v) is 2.68. The molecule has 2 unspecified atom stereocenters. The molecule has 0 saturated heterocycles. The molecular formula is C19H17N3O5. The van der Waals surface area contributed by atoms with Gasteiger partial charge in [-0.3, -0.25) is 14.9 Å². The third-order valence-electron chi connectivity index (χ3n) is 4.17. The molecule has 0 saturated carbocycles. The van der Waals surface area contributed by atoms with Gasteiger partial charge in [-0.1, -0.05) is 24.3 Å². The number of aliphatic hydroxyl groups is 2. The maximum Gasteiger partial charge on any atom is 0.270 e. The van der Waals surface area contributed by atoms with Gasteiger partial charge < -0.3 is 15.5 Å². The van der Waals surface area contributed by atoms with Gasteiger partial charge in [-0.15, -0.1) is 0 Å². The molecule has 1 amide bonds. The van der Waals surface area contributed by atoms with Crippen LogP contribution in [0.4, 0.5) is 5.69 Å². The second-order valence-electron chi connectivity index (χ2n) is 5.95. The summed E-state index contributed by atoms with van der Waals surface area (Å²) in [6, 6.07) is 14.9. The number of hydrogen-bond donors (Lipinski definition) is 3. The van der Waals surface area contributed by atoms with Crippen LogP contribution in [0.5, 0.6) is 0 Å². The van der Waals surface area contributed by atoms with Crippen LogP contribution in [0, 0.1) is 10.1 Å². The van der Waals surface area contributed by atoms with Crippen LogP contribution in [0.25, 0.3) is 10.9 Å². The van der Waals surface area contributed by atoms with Gasteiger partial charge in [0.15, 0.2) is 0 Å². The van der Waals surface area contributed by atoms with E-state index in [2.05, 4.69) is 10.3 Å². The molecule has 27 heavy (non-hydrogen) atoms. The summed E-state index contributed by atoms with van der Waals surface area (Å²) in [5.74, 6) is -0.541. The number of aliphatic hydroxyl groups excluding tert-OH is 2. The second-order valence-corrected chi connectivity index (χ2v) is 5.95. The van der Waals surface area contributed by atoms with Crippen molar-refractivity contribution in [2.24, 2.45) is 0 Å². The van der Waals surface area contributed by atoms with Crippen molar-refractivity contribution in [3.05, 3.63) is 82.0 Å². The number of nitro groups is 1. The summed E-state index contributed by atoms with van der Waals surface area (Å²) in [5, 5.41) is 34.1. The number of pyridine rings is 1. The molecule has 2 aromatic carbocycles. The van der Waals surface area contributed by atoms with Crippen LogP contribution >= 0.6 is 0 Å². The van der Waals surface area contributed by atoms with Crippen LogP contribution in [0.2, 0.25) is 0 Å². The Morgan fingerprint density at radius 2 is 1.81 bits per heavy atom. The van der Waals surface area contributed by atoms with Gasteiger partial charge in [-0.25, -0.2) is 4.98 Å². The summed E-state index contributed by atoms with van der Waals surface area (Å²) in [6.07, 6.45) is -1.24. The van der Waals surface area contributed by atoms with Crippen LogP contribution in [-0.2, 0) is 0 Å². The fourth-order valence-electron chi connectivity index (χ4n) is 2.68. The van der Waals surface area contributed by atoms with Gasteiger partial charge in [-0.2, -0.15) is 0 Å². The van der Waals surface area contributed by atoms with Crippen molar-refractivity contribution in [3.8, 4) is 0 Å². The highest BCUT2D eigenvalue weighted by Gasteiger charge is 2.24. The van der Waals surface area contributed by atoms with Gasteiger partial charge in [0.25, 0.3) is 11.6 Å². The second kappa shape index (κ2) is 7.90. The quantitative estimate of drug-likeness (QED) is 0.452. The summed E-state index contributed by atoms with van der Waals surface area (Å²) in [5.41, 5.74) is 1.03. The number of aromatic nitrogens is 1. The van der Waals surface area contributed by atoms with Crippen LogP contribution < -0.4 is 5.32 Å². The number of carbonyl (C=O) groups is 1. The summed E-state index contributed by atoms with van der Waals surface area (Å²) in [6.45, 7) is -0.516. The monoisotopic (exact) mass is 367 g/mol. The summed E-state index contributed by atoms with van der Waals surface area (Å²) >= 11 is 0. The van der Waals surface area contributed by atoms with Gasteiger partial charge in [0.1, 0.15) is 11.8 Å². The lowest BCUT2D eigenvalue weighted by molar-refractivity contribution is -0.384. The molecule has 0 spiro atoms. The number of rotatable bonds is 6. The number of fused-ring (bicyclic) bond motifs is 1. The molecule has 0 aliphatic heterocycles. The zero-order valence-electron chi connectivity index (χ0n) is 14.1. The maximum absolute atomic E-state index is 12.5. The van der Waals surface area contributed by atoms with Gasteiger partial charge in [0.2, 0.25) is 0 Å². The first-order valence-corrected chi connectivity index (χ1v) is 8.19. The molecule has 0 fully saturated rings. The van der Waals surface area contributed by atoms with Crippen molar-refractivity contribution in [2.75, 3.05) is 6.61 Å². The Morgan fingerprint density at radius 3 is 2.48 bits per heavy atom. The third kappa shape index (κ3) is 4.08. The third-order valence-corrected chi connectivity index (χ3v) is 4.17. The first kappa shape index (κ1) is 18.4. The van der Waals surface area contributed by atoms with Crippen molar-refractivity contribution in [1.29, 1.82) is 0 Å². The van der Waals surface area contributed by atoms with E-state index in [1.165, 1.54) is 24.3 Å². The standard InChI is InChI=1S/C19H17N3O5/c23-11-17(18(24)13-5-8-14(9-6-13)22(26)27)21-19(25)16-10-7-12-3-1-2-4-15(12)20-16/h1-10,17-18,23-24H,11H2,(H,21,25). The van der Waals surface area contributed by atoms with E-state index in [0.717, 1.165) is 5.39 Å². The molecule has 8 nitrogen and oxygen atoms in total. The van der Waals surface area contributed by atoms with E-state index in [0.29, 0.717) is 11.1 Å². The first-order chi connectivity index (χ1) is 13.0. The van der Waals surface area contributed by atoms with E-state index in [9.17, 15) is 25.1 Å². The van der Waals surface area contributed by atoms with Crippen molar-refractivity contribution in [3.63, 3.8) is 0 Å². The number of amides is 1. The smallest absolute Gasteiger partial charge is 0.270 e. The number of para-hydroxylation sites is 1. The predicted octanol–water partition coefficient (Wildman–Crippen LogP) is 1.97. The van der Waals surface area contributed by atoms with E-state index in [4.69, 9.17) is 0 Å². The Labute approximate surface area is 154 Å². The van der Waals surface area contributed by atoms with Crippen LogP contribution in [0.3, 0.4) is 0 Å². The summed E-state index contributed by atoms with van der Waals surface area (Å²) in [7, 11) is 0. The van der Waals surface area contributed by atoms with E-state index < -0.39 is 29.6 Å². The number of carbonyl (C=O) groups excluding carboxylic acids is 1. The lowest BCUT2D eigenvalue weighted by atomic mass is 10.0. The van der Waals surface area contributed by atoms with Crippen LogP contribution in [0.1, 0.15) is 22.2 Å². The molecular weight excluding hydrogens is 350 g/mol. The van der Waals surface area contributed by atoms with Gasteiger partial charge >= 0.3 is 0 Å². The molecule has 0 bridgehead atoms. The van der Waals surface area contributed by atoms with Gasteiger partial charge in [-0.05, 0) is 29.8 Å². The largest absolute Gasteiger partial charge is 0.394 e. The lowest BCUT2D eigenvalue weighted by Crippen LogP contribution is -2.42. The molecule has 0 aliphatic rings. The molecule has 3 rings (SSSR count). The Hall–Kier alpha value is -3.36. The molecule has 8 heteroatoms. The molecule has 138 valence electrons. The predicted molar refractivity (Wildman–Crippen MR) is 98.1 cm³/mol. The average Bonchev–Trinajstić information content (AvgIpc) is 2.71. The van der Waals surface area contributed by atoms with Gasteiger partial charge in [0.05, 0.1) is 23.1 Å². The van der Waals surface area contributed by atoms with E-state index >= 15 is 0 Å². The molecule has 3 N–H and O–H groups in total. The topological polar surface area (TPSA) is 126 Å². The zero-order valence-corrected chi connectivity index (χ0v) is 14.1. The number of nitro benzene ring substituents is 1. The number of hydrogen-bond acceptors (Lipinski definition) is 6. The molecule has 1 aromatic heterocycles. The zero-order chi connectivity index (χ0) is 19.4. The van der Waals surface area contributed by atoms with Gasteiger partial charge in [0, 0.05) is 17.5 Å². The molecule has 0 radical (unpaired) electrons. The highest BCUT2D eigenvalue weighted by molar-refractivity contribution is 5.95. The molecule has 0 aliphatic carbocycles. The van der Waals surface area contributed by atoms with E-state index in [1.807, 2.05) is 18.2 Å². The number of non-ortho nitro benzene ring substituents is 1. The van der Waals surface area contributed by atoms with Crippen LogP contribution in [0.15, 0.2) is 60.7 Å². The minimum atomic E-state index is -1.24. The fraction of sp³-hybridized carbons (Fsp3) is 0.158. The van der Waals surface area contributed by atoms with E-state index in [-0.39, 0.29) is 11.4 Å². The Balaban J connectivity index is 1.76.